The summed E-state index contributed by atoms with van der Waals surface area (Å²) in [4.78, 5) is 6.63. The summed E-state index contributed by atoms with van der Waals surface area (Å²) in [5.41, 5.74) is 1.56. The molecule has 0 N–H and O–H groups in total. The van der Waals surface area contributed by atoms with Crippen LogP contribution in [-0.2, 0) is 4.74 Å². The lowest BCUT2D eigenvalue weighted by atomic mass is 9.73. The first kappa shape index (κ1) is 18.4. The molecule has 0 amide bonds. The number of hydrogen-bond donors (Lipinski definition) is 0. The summed E-state index contributed by atoms with van der Waals surface area (Å²) in [6, 6.07) is 9.29. The molecule has 4 heterocycles. The van der Waals surface area contributed by atoms with Crippen LogP contribution in [0.15, 0.2) is 49.2 Å². The van der Waals surface area contributed by atoms with Crippen LogP contribution < -0.4 is 0 Å². The maximum absolute atomic E-state index is 13.0. The Morgan fingerprint density at radius 2 is 2.11 bits per heavy atom. The number of fused-ring (bicyclic) bond motifs is 4. The second-order valence-corrected chi connectivity index (χ2v) is 7.51. The molecule has 2 aromatic rings. The van der Waals surface area contributed by atoms with E-state index in [4.69, 9.17) is 4.74 Å². The Kier molecular flexibility index (Phi) is 4.95. The molecule has 0 radical (unpaired) electrons. The second-order valence-electron chi connectivity index (χ2n) is 7.51. The normalized spacial score (nSPS) is 29.0. The van der Waals surface area contributed by atoms with Gasteiger partial charge in [-0.05, 0) is 48.9 Å². The fourth-order valence-electron chi connectivity index (χ4n) is 4.65. The van der Waals surface area contributed by atoms with Gasteiger partial charge >= 0.3 is 6.18 Å². The molecular formula is C21H23F3N2O. The Labute approximate surface area is 156 Å². The minimum absolute atomic E-state index is 0.0619. The van der Waals surface area contributed by atoms with Crippen molar-refractivity contribution in [2.75, 3.05) is 19.7 Å². The number of pyridine rings is 1. The Balaban J connectivity index is 1.70. The monoisotopic (exact) mass is 376 g/mol. The van der Waals surface area contributed by atoms with E-state index in [-0.39, 0.29) is 6.04 Å². The predicted molar refractivity (Wildman–Crippen MR) is 98.3 cm³/mol. The first-order valence-electron chi connectivity index (χ1n) is 9.35. The summed E-state index contributed by atoms with van der Waals surface area (Å²) in [7, 11) is 0. The van der Waals surface area contributed by atoms with Crippen molar-refractivity contribution >= 4 is 10.9 Å². The maximum Gasteiger partial charge on any atom is 0.411 e. The number of para-hydroxylation sites is 1. The zero-order valence-corrected chi connectivity index (χ0v) is 15.0. The van der Waals surface area contributed by atoms with Crippen LogP contribution in [0, 0.1) is 11.8 Å². The lowest BCUT2D eigenvalue weighted by Gasteiger charge is -2.51. The maximum atomic E-state index is 13.0. The van der Waals surface area contributed by atoms with E-state index in [1.807, 2.05) is 30.3 Å². The largest absolute Gasteiger partial charge is 0.411 e. The molecule has 3 saturated heterocycles. The molecule has 0 spiro atoms. The van der Waals surface area contributed by atoms with Gasteiger partial charge in [0, 0.05) is 24.2 Å². The third kappa shape index (κ3) is 3.73. The zero-order chi connectivity index (χ0) is 19.0. The summed E-state index contributed by atoms with van der Waals surface area (Å²) in [5.74, 6) is 0.870. The van der Waals surface area contributed by atoms with Gasteiger partial charge in [0.15, 0.2) is 0 Å². The number of hydrogen-bond acceptors (Lipinski definition) is 3. The number of piperidine rings is 3. The number of benzene rings is 1. The SMILES string of the molecule is C=C[C@H]1CN2CC[C@H]1C[C@@H]2[C@@H](OCC(F)(F)F)c1ccnc2ccccc12. The van der Waals surface area contributed by atoms with Crippen molar-refractivity contribution in [3.8, 4) is 0 Å². The average molecular weight is 376 g/mol. The first-order valence-corrected chi connectivity index (χ1v) is 9.35. The zero-order valence-electron chi connectivity index (χ0n) is 15.0. The van der Waals surface area contributed by atoms with Crippen LogP contribution in [0.4, 0.5) is 13.2 Å². The molecule has 3 aliphatic heterocycles. The lowest BCUT2D eigenvalue weighted by Crippen LogP contribution is -2.55. The minimum Gasteiger partial charge on any atom is -0.362 e. The van der Waals surface area contributed by atoms with E-state index in [2.05, 4.69) is 16.5 Å². The minimum atomic E-state index is -4.35. The molecule has 5 atom stereocenters. The molecule has 1 aromatic carbocycles. The van der Waals surface area contributed by atoms with Crippen molar-refractivity contribution in [2.45, 2.75) is 31.2 Å². The highest BCUT2D eigenvalue weighted by molar-refractivity contribution is 5.82. The number of alkyl halides is 3. The van der Waals surface area contributed by atoms with E-state index in [1.165, 1.54) is 0 Å². The van der Waals surface area contributed by atoms with Gasteiger partial charge in [0.05, 0.1) is 11.6 Å². The summed E-state index contributed by atoms with van der Waals surface area (Å²) < 4.78 is 44.4. The Hall–Kier alpha value is -1.92. The van der Waals surface area contributed by atoms with Gasteiger partial charge in [-0.15, -0.1) is 6.58 Å². The second kappa shape index (κ2) is 7.24. The summed E-state index contributed by atoms with van der Waals surface area (Å²) in [5, 5.41) is 0.857. The number of ether oxygens (including phenoxy) is 1. The van der Waals surface area contributed by atoms with Crippen molar-refractivity contribution < 1.29 is 17.9 Å². The first-order chi connectivity index (χ1) is 13.0. The van der Waals surface area contributed by atoms with E-state index in [0.29, 0.717) is 11.8 Å². The molecule has 0 aliphatic carbocycles. The molecule has 2 bridgehead atoms. The quantitative estimate of drug-likeness (QED) is 0.704. The number of aromatic nitrogens is 1. The van der Waals surface area contributed by atoms with Crippen LogP contribution in [0.25, 0.3) is 10.9 Å². The molecule has 3 fully saturated rings. The highest BCUT2D eigenvalue weighted by atomic mass is 19.4. The van der Waals surface area contributed by atoms with Gasteiger partial charge < -0.3 is 4.74 Å². The molecule has 3 nitrogen and oxygen atoms in total. The van der Waals surface area contributed by atoms with Crippen LogP contribution in [-0.4, -0.2) is 41.8 Å². The van der Waals surface area contributed by atoms with E-state index >= 15 is 0 Å². The van der Waals surface area contributed by atoms with Crippen LogP contribution >= 0.6 is 0 Å². The number of nitrogens with zero attached hydrogens (tertiary/aromatic N) is 2. The van der Waals surface area contributed by atoms with Crippen molar-refractivity contribution in [3.63, 3.8) is 0 Å². The predicted octanol–water partition coefficient (Wildman–Crippen LogP) is 4.75. The molecule has 1 unspecified atom stereocenters. The fraction of sp³-hybridized carbons (Fsp3) is 0.476. The van der Waals surface area contributed by atoms with Gasteiger partial charge in [0.25, 0.3) is 0 Å². The third-order valence-corrected chi connectivity index (χ3v) is 5.92. The van der Waals surface area contributed by atoms with Crippen molar-refractivity contribution in [2.24, 2.45) is 11.8 Å². The molecule has 0 saturated carbocycles. The van der Waals surface area contributed by atoms with E-state index in [9.17, 15) is 13.2 Å². The molecule has 6 heteroatoms. The standard InChI is InChI=1S/C21H23F3N2O/c1-2-14-12-26-10-8-15(14)11-19(26)20(27-13-21(22,23)24)17-7-9-25-18-6-4-3-5-16(17)18/h2-7,9,14-15,19-20H,1,8,10-13H2/t14-,15-,19+,20-/m0/s1. The molecular weight excluding hydrogens is 353 g/mol. The smallest absolute Gasteiger partial charge is 0.362 e. The third-order valence-electron chi connectivity index (χ3n) is 5.92. The highest BCUT2D eigenvalue weighted by Crippen LogP contribution is 2.43. The summed E-state index contributed by atoms with van der Waals surface area (Å²) >= 11 is 0. The van der Waals surface area contributed by atoms with Crippen molar-refractivity contribution in [3.05, 3.63) is 54.7 Å². The molecule has 1 aromatic heterocycles. The van der Waals surface area contributed by atoms with Crippen molar-refractivity contribution in [1.82, 2.24) is 9.88 Å². The van der Waals surface area contributed by atoms with Crippen LogP contribution in [0.2, 0.25) is 0 Å². The average Bonchev–Trinajstić information content (AvgIpc) is 2.68. The molecule has 27 heavy (non-hydrogen) atoms. The summed E-state index contributed by atoms with van der Waals surface area (Å²) in [6.07, 6.45) is 0.554. The summed E-state index contributed by atoms with van der Waals surface area (Å²) in [6.45, 7) is 4.42. The van der Waals surface area contributed by atoms with Gasteiger partial charge in [0.1, 0.15) is 6.61 Å². The van der Waals surface area contributed by atoms with E-state index in [0.717, 1.165) is 42.4 Å². The van der Waals surface area contributed by atoms with Crippen molar-refractivity contribution in [1.29, 1.82) is 0 Å². The fourth-order valence-corrected chi connectivity index (χ4v) is 4.65. The number of halogens is 3. The Morgan fingerprint density at radius 3 is 2.81 bits per heavy atom. The van der Waals surface area contributed by atoms with Gasteiger partial charge in [-0.2, -0.15) is 13.2 Å². The van der Waals surface area contributed by atoms with Crippen LogP contribution in [0.1, 0.15) is 24.5 Å². The van der Waals surface area contributed by atoms with Crippen LogP contribution in [0.3, 0.4) is 0 Å². The van der Waals surface area contributed by atoms with Crippen LogP contribution in [0.5, 0.6) is 0 Å². The van der Waals surface area contributed by atoms with E-state index < -0.39 is 18.9 Å². The Morgan fingerprint density at radius 1 is 1.30 bits per heavy atom. The molecule has 5 rings (SSSR count). The van der Waals surface area contributed by atoms with Gasteiger partial charge in [0.2, 0.25) is 0 Å². The topological polar surface area (TPSA) is 25.4 Å². The van der Waals surface area contributed by atoms with Gasteiger partial charge in [-0.1, -0.05) is 24.3 Å². The molecule has 144 valence electrons. The number of rotatable bonds is 5. The lowest BCUT2D eigenvalue weighted by molar-refractivity contribution is -0.197. The molecule has 3 aliphatic rings. The van der Waals surface area contributed by atoms with E-state index in [1.54, 1.807) is 12.3 Å². The van der Waals surface area contributed by atoms with Gasteiger partial charge in [-0.25, -0.2) is 0 Å². The van der Waals surface area contributed by atoms with Gasteiger partial charge in [-0.3, -0.25) is 9.88 Å². The Bertz CT molecular complexity index is 817. The highest BCUT2D eigenvalue weighted by Gasteiger charge is 2.44.